The Morgan fingerprint density at radius 2 is 2.20 bits per heavy atom. The Balaban J connectivity index is 2.13. The van der Waals surface area contributed by atoms with Gasteiger partial charge in [-0.25, -0.2) is 9.59 Å². The number of carbonyl (C=O) groups excluding carboxylic acids is 2. The number of hydrogen-bond donors (Lipinski definition) is 3. The number of benzene rings is 1. The summed E-state index contributed by atoms with van der Waals surface area (Å²) in [6, 6.07) is 5.19. The van der Waals surface area contributed by atoms with Gasteiger partial charge in [0.2, 0.25) is 5.91 Å². The molecule has 3 N–H and O–H groups in total. The molecule has 0 radical (unpaired) electrons. The Hall–Kier alpha value is -2.09. The fourth-order valence-corrected chi connectivity index (χ4v) is 2.24. The highest BCUT2D eigenvalue weighted by Crippen LogP contribution is 2.17. The number of amides is 3. The van der Waals surface area contributed by atoms with Crippen LogP contribution in [0.1, 0.15) is 0 Å². The van der Waals surface area contributed by atoms with Gasteiger partial charge in [0.15, 0.2) is 0 Å². The highest BCUT2D eigenvalue weighted by Gasteiger charge is 2.35. The predicted octanol–water partition coefficient (Wildman–Crippen LogP) is 0.866. The second-order valence-corrected chi connectivity index (χ2v) is 5.14. The van der Waals surface area contributed by atoms with Crippen molar-refractivity contribution in [2.24, 2.45) is 0 Å². The predicted molar refractivity (Wildman–Crippen MR) is 74.3 cm³/mol. The fourth-order valence-electron chi connectivity index (χ4n) is 1.84. The van der Waals surface area contributed by atoms with Gasteiger partial charge in [-0.2, -0.15) is 0 Å². The van der Waals surface area contributed by atoms with E-state index < -0.39 is 18.0 Å². The molecule has 106 valence electrons. The monoisotopic (exact) mass is 341 g/mol. The minimum Gasteiger partial charge on any atom is -0.480 e. The number of nitrogens with one attached hydrogen (secondary N) is 2. The lowest BCUT2D eigenvalue weighted by Gasteiger charge is -2.32. The molecule has 1 aromatic rings. The minimum absolute atomic E-state index is 0.0972. The van der Waals surface area contributed by atoms with Gasteiger partial charge in [-0.15, -0.1) is 0 Å². The van der Waals surface area contributed by atoms with Crippen molar-refractivity contribution in [3.05, 3.63) is 28.7 Å². The summed E-state index contributed by atoms with van der Waals surface area (Å²) in [6.45, 7) is -0.378. The summed E-state index contributed by atoms with van der Waals surface area (Å²) >= 11 is 3.27. The maximum Gasteiger partial charge on any atom is 0.328 e. The Bertz CT molecular complexity index is 563. The number of rotatable bonds is 2. The number of carbonyl (C=O) groups is 3. The molecule has 1 atom stereocenters. The van der Waals surface area contributed by atoms with E-state index in [1.54, 1.807) is 24.3 Å². The number of nitrogens with zero attached hydrogens (tertiary/aromatic N) is 1. The summed E-state index contributed by atoms with van der Waals surface area (Å²) < 4.78 is 0.779. The van der Waals surface area contributed by atoms with Crippen molar-refractivity contribution in [3.8, 4) is 0 Å². The van der Waals surface area contributed by atoms with Crippen LogP contribution in [0, 0.1) is 0 Å². The van der Waals surface area contributed by atoms with Crippen molar-refractivity contribution >= 4 is 39.5 Å². The normalized spacial score (nSPS) is 18.4. The highest BCUT2D eigenvalue weighted by molar-refractivity contribution is 9.10. The zero-order valence-electron chi connectivity index (χ0n) is 10.3. The van der Waals surface area contributed by atoms with Gasteiger partial charge in [-0.05, 0) is 18.2 Å². The van der Waals surface area contributed by atoms with Crippen LogP contribution in [0.4, 0.5) is 10.5 Å². The number of carboxylic acids is 1. The molecule has 1 aliphatic heterocycles. The summed E-state index contributed by atoms with van der Waals surface area (Å²) in [5.41, 5.74) is 0.513. The number of urea groups is 1. The molecule has 7 nitrogen and oxygen atoms in total. The van der Waals surface area contributed by atoms with Crippen LogP contribution in [-0.4, -0.2) is 47.0 Å². The smallest absolute Gasteiger partial charge is 0.328 e. The third-order valence-electron chi connectivity index (χ3n) is 2.80. The van der Waals surface area contributed by atoms with Gasteiger partial charge in [0.25, 0.3) is 0 Å². The first kappa shape index (κ1) is 14.3. The van der Waals surface area contributed by atoms with Crippen molar-refractivity contribution in [2.45, 2.75) is 6.04 Å². The van der Waals surface area contributed by atoms with Crippen LogP contribution in [0.25, 0.3) is 0 Å². The van der Waals surface area contributed by atoms with E-state index in [4.69, 9.17) is 5.11 Å². The van der Waals surface area contributed by atoms with Gasteiger partial charge >= 0.3 is 12.0 Å². The van der Waals surface area contributed by atoms with Gasteiger partial charge in [0, 0.05) is 16.7 Å². The summed E-state index contributed by atoms with van der Waals surface area (Å²) in [7, 11) is 0. The molecule has 2 rings (SSSR count). The van der Waals surface area contributed by atoms with Crippen LogP contribution in [0.2, 0.25) is 0 Å². The summed E-state index contributed by atoms with van der Waals surface area (Å²) in [4.78, 5) is 35.5. The molecule has 3 amide bonds. The lowest BCUT2D eigenvalue weighted by molar-refractivity contribution is -0.144. The standard InChI is InChI=1S/C12H12BrN3O4/c13-7-2-1-3-8(4-7)15-12(20)16-6-10(17)14-5-9(16)11(18)19/h1-4,9H,5-6H2,(H,14,17)(H,15,20)(H,18,19). The van der Waals surface area contributed by atoms with Crippen molar-refractivity contribution in [3.63, 3.8) is 0 Å². The van der Waals surface area contributed by atoms with E-state index in [1.807, 2.05) is 0 Å². The number of piperazine rings is 1. The molecule has 0 saturated carbocycles. The molecule has 1 saturated heterocycles. The van der Waals surface area contributed by atoms with Gasteiger partial charge in [0.05, 0.1) is 0 Å². The number of aliphatic carboxylic acids is 1. The zero-order chi connectivity index (χ0) is 14.7. The second kappa shape index (κ2) is 5.91. The van der Waals surface area contributed by atoms with E-state index in [0.29, 0.717) is 5.69 Å². The Kier molecular flexibility index (Phi) is 4.23. The number of carboxylic acid groups (broad SMARTS) is 1. The first-order chi connectivity index (χ1) is 9.47. The molecule has 1 unspecified atom stereocenters. The average molecular weight is 342 g/mol. The maximum atomic E-state index is 12.1. The van der Waals surface area contributed by atoms with Crippen LogP contribution < -0.4 is 10.6 Å². The van der Waals surface area contributed by atoms with E-state index >= 15 is 0 Å². The van der Waals surface area contributed by atoms with Gasteiger partial charge in [-0.1, -0.05) is 22.0 Å². The lowest BCUT2D eigenvalue weighted by Crippen LogP contribution is -2.60. The average Bonchev–Trinajstić information content (AvgIpc) is 2.38. The SMILES string of the molecule is O=C1CN(C(=O)Nc2cccc(Br)c2)C(C(=O)O)CN1. The topological polar surface area (TPSA) is 98.7 Å². The Morgan fingerprint density at radius 3 is 2.85 bits per heavy atom. The van der Waals surface area contributed by atoms with E-state index in [2.05, 4.69) is 26.6 Å². The van der Waals surface area contributed by atoms with Crippen molar-refractivity contribution in [1.29, 1.82) is 0 Å². The number of halogens is 1. The molecule has 8 heteroatoms. The third-order valence-corrected chi connectivity index (χ3v) is 3.30. The van der Waals surface area contributed by atoms with Crippen LogP contribution in [0.3, 0.4) is 0 Å². The molecule has 0 bridgehead atoms. The first-order valence-electron chi connectivity index (χ1n) is 5.80. The highest BCUT2D eigenvalue weighted by atomic mass is 79.9. The van der Waals surface area contributed by atoms with E-state index in [1.165, 1.54) is 0 Å². The largest absolute Gasteiger partial charge is 0.480 e. The molecule has 1 aromatic carbocycles. The molecule has 20 heavy (non-hydrogen) atoms. The Labute approximate surface area is 123 Å². The van der Waals surface area contributed by atoms with Crippen LogP contribution in [0.15, 0.2) is 28.7 Å². The Morgan fingerprint density at radius 1 is 1.45 bits per heavy atom. The molecular weight excluding hydrogens is 330 g/mol. The maximum absolute atomic E-state index is 12.1. The van der Waals surface area contributed by atoms with Crippen LogP contribution >= 0.6 is 15.9 Å². The molecule has 0 spiro atoms. The number of hydrogen-bond acceptors (Lipinski definition) is 3. The van der Waals surface area contributed by atoms with Gasteiger partial charge < -0.3 is 15.7 Å². The molecule has 1 heterocycles. The van der Waals surface area contributed by atoms with E-state index in [0.717, 1.165) is 9.37 Å². The summed E-state index contributed by atoms with van der Waals surface area (Å²) in [6.07, 6.45) is 0. The number of anilines is 1. The zero-order valence-corrected chi connectivity index (χ0v) is 11.9. The molecule has 1 aliphatic rings. The first-order valence-corrected chi connectivity index (χ1v) is 6.59. The molecule has 1 fully saturated rings. The van der Waals surface area contributed by atoms with Crippen molar-refractivity contribution in [2.75, 3.05) is 18.4 Å². The second-order valence-electron chi connectivity index (χ2n) is 4.23. The lowest BCUT2D eigenvalue weighted by atomic mass is 10.2. The summed E-state index contributed by atoms with van der Waals surface area (Å²) in [5, 5.41) is 14.1. The van der Waals surface area contributed by atoms with E-state index in [-0.39, 0.29) is 19.0 Å². The van der Waals surface area contributed by atoms with E-state index in [9.17, 15) is 14.4 Å². The molecular formula is C12H12BrN3O4. The molecule has 0 aliphatic carbocycles. The minimum atomic E-state index is -1.16. The molecule has 0 aromatic heterocycles. The van der Waals surface area contributed by atoms with Crippen molar-refractivity contribution in [1.82, 2.24) is 10.2 Å². The van der Waals surface area contributed by atoms with Gasteiger partial charge in [0.1, 0.15) is 12.6 Å². The fraction of sp³-hybridized carbons (Fsp3) is 0.250. The third kappa shape index (κ3) is 3.27. The summed E-state index contributed by atoms with van der Waals surface area (Å²) in [5.74, 6) is -1.54. The quantitative estimate of drug-likeness (QED) is 0.743. The van der Waals surface area contributed by atoms with Crippen LogP contribution in [0.5, 0.6) is 0 Å². The van der Waals surface area contributed by atoms with Crippen molar-refractivity contribution < 1.29 is 19.5 Å². The van der Waals surface area contributed by atoms with Crippen LogP contribution in [-0.2, 0) is 9.59 Å². The van der Waals surface area contributed by atoms with Gasteiger partial charge in [-0.3, -0.25) is 9.69 Å².